The second kappa shape index (κ2) is 10.4. The predicted molar refractivity (Wildman–Crippen MR) is 151 cm³/mol. The van der Waals surface area contributed by atoms with Gasteiger partial charge in [0.05, 0.1) is 39.1 Å². The molecular weight excluding hydrogens is 589 g/mol. The zero-order valence-electron chi connectivity index (χ0n) is 20.8. The summed E-state index contributed by atoms with van der Waals surface area (Å²) in [6, 6.07) is 8.20. The number of sulfonamides is 1. The van der Waals surface area contributed by atoms with Crippen LogP contribution < -0.4 is 14.9 Å². The predicted octanol–water partition coefficient (Wildman–Crippen LogP) is 4.73. The lowest BCUT2D eigenvalue weighted by molar-refractivity contribution is -0.137. The zero-order valence-corrected chi connectivity index (χ0v) is 23.2. The molecule has 3 N–H and O–H groups in total. The molecule has 0 radical (unpaired) electrons. The highest BCUT2D eigenvalue weighted by Crippen LogP contribution is 2.41. The second-order valence-corrected chi connectivity index (χ2v) is 11.6. The number of carbonyl (C=O) groups excluding carboxylic acids is 1. The van der Waals surface area contributed by atoms with E-state index < -0.39 is 27.7 Å². The van der Waals surface area contributed by atoms with Crippen molar-refractivity contribution in [3.8, 4) is 0 Å². The number of fused-ring (bicyclic) bond motifs is 3. The number of carbonyl (C=O) groups is 1. The Bertz CT molecular complexity index is 1730. The van der Waals surface area contributed by atoms with E-state index in [2.05, 4.69) is 20.2 Å². The van der Waals surface area contributed by atoms with E-state index in [1.807, 2.05) is 9.62 Å². The van der Waals surface area contributed by atoms with Crippen LogP contribution >= 0.6 is 23.8 Å². The molecule has 0 unspecified atom stereocenters. The molecule has 2 aromatic heterocycles. The number of rotatable bonds is 4. The number of aromatic amines is 1. The molecule has 4 aromatic rings. The van der Waals surface area contributed by atoms with Crippen LogP contribution in [-0.4, -0.2) is 60.5 Å². The summed E-state index contributed by atoms with van der Waals surface area (Å²) < 4.78 is 66.3. The summed E-state index contributed by atoms with van der Waals surface area (Å²) in [4.78, 5) is 22.4. The van der Waals surface area contributed by atoms with E-state index in [4.69, 9.17) is 23.8 Å². The fourth-order valence-electron chi connectivity index (χ4n) is 4.63. The molecule has 0 saturated carbocycles. The summed E-state index contributed by atoms with van der Waals surface area (Å²) in [6.07, 6.45) is -1.31. The minimum atomic E-state index is -4.57. The number of H-pyrrole nitrogens is 1. The van der Waals surface area contributed by atoms with Crippen molar-refractivity contribution in [2.24, 2.45) is 0 Å². The Labute approximate surface area is 237 Å². The molecule has 0 bridgehead atoms. The number of alkyl halides is 3. The van der Waals surface area contributed by atoms with Crippen molar-refractivity contribution in [1.82, 2.24) is 19.6 Å². The molecule has 40 heavy (non-hydrogen) atoms. The van der Waals surface area contributed by atoms with E-state index in [-0.39, 0.29) is 9.92 Å². The highest BCUT2D eigenvalue weighted by Gasteiger charge is 2.34. The van der Waals surface area contributed by atoms with Crippen LogP contribution in [0.2, 0.25) is 5.02 Å². The van der Waals surface area contributed by atoms with E-state index in [0.29, 0.717) is 53.4 Å². The van der Waals surface area contributed by atoms with Crippen LogP contribution in [0.15, 0.2) is 53.7 Å². The first-order valence-electron chi connectivity index (χ1n) is 11.9. The third kappa shape index (κ3) is 5.51. The largest absolute Gasteiger partial charge is 0.417 e. The van der Waals surface area contributed by atoms with Crippen molar-refractivity contribution in [3.63, 3.8) is 0 Å². The highest BCUT2D eigenvalue weighted by atomic mass is 35.5. The molecule has 15 heteroatoms. The molecular formula is C25H22ClF3N6O3S2. The molecule has 1 amide bonds. The smallest absolute Gasteiger partial charge is 0.366 e. The standard InChI is InChI=1S/C25H22ClF3N6O3S2/c1-14(36)33-40(37,38)16-4-2-15(3-5-16)31-24(39)35-8-6-34(7-9-35)22-13-30-12-21-23(22)17-10-19(26)18(25(27,28)29)11-20(17)32-21/h2-5,10-13,32H,6-9H2,1H3,(H,31,39)(H,33,36). The fraction of sp³-hybridized carbons (Fsp3) is 0.240. The van der Waals surface area contributed by atoms with Crippen LogP contribution in [0.25, 0.3) is 21.8 Å². The number of nitrogens with zero attached hydrogens (tertiary/aromatic N) is 3. The average molecular weight is 611 g/mol. The van der Waals surface area contributed by atoms with Crippen molar-refractivity contribution in [3.05, 3.63) is 59.4 Å². The normalized spacial score (nSPS) is 14.5. The highest BCUT2D eigenvalue weighted by molar-refractivity contribution is 7.90. The van der Waals surface area contributed by atoms with Crippen LogP contribution in [0.4, 0.5) is 24.5 Å². The molecule has 1 saturated heterocycles. The maximum absolute atomic E-state index is 13.4. The monoisotopic (exact) mass is 610 g/mol. The van der Waals surface area contributed by atoms with Crippen LogP contribution in [-0.2, 0) is 21.0 Å². The summed E-state index contributed by atoms with van der Waals surface area (Å²) in [6.45, 7) is 3.36. The number of thiocarbonyl (C=S) groups is 1. The maximum Gasteiger partial charge on any atom is 0.417 e. The molecule has 210 valence electrons. The van der Waals surface area contributed by atoms with E-state index in [9.17, 15) is 26.4 Å². The average Bonchev–Trinajstić information content (AvgIpc) is 3.25. The Morgan fingerprint density at radius 1 is 1.07 bits per heavy atom. The quantitative estimate of drug-likeness (QED) is 0.285. The van der Waals surface area contributed by atoms with Gasteiger partial charge in [-0.25, -0.2) is 13.1 Å². The van der Waals surface area contributed by atoms with E-state index in [0.717, 1.165) is 24.1 Å². The number of hydrogen-bond donors (Lipinski definition) is 3. The summed E-state index contributed by atoms with van der Waals surface area (Å²) in [7, 11) is -3.93. The van der Waals surface area contributed by atoms with Crippen LogP contribution in [0.5, 0.6) is 0 Å². The van der Waals surface area contributed by atoms with Gasteiger partial charge in [-0.15, -0.1) is 0 Å². The van der Waals surface area contributed by atoms with E-state index >= 15 is 0 Å². The maximum atomic E-state index is 13.4. The topological polar surface area (TPSA) is 110 Å². The van der Waals surface area contributed by atoms with Crippen molar-refractivity contribution >= 4 is 78.0 Å². The van der Waals surface area contributed by atoms with Crippen molar-refractivity contribution in [2.75, 3.05) is 36.4 Å². The van der Waals surface area contributed by atoms with Gasteiger partial charge in [-0.2, -0.15) is 13.2 Å². The van der Waals surface area contributed by atoms with Gasteiger partial charge in [0, 0.05) is 55.1 Å². The van der Waals surface area contributed by atoms with Gasteiger partial charge in [-0.3, -0.25) is 9.78 Å². The molecule has 1 aliphatic rings. The van der Waals surface area contributed by atoms with Gasteiger partial charge in [0.1, 0.15) is 0 Å². The van der Waals surface area contributed by atoms with Gasteiger partial charge in [0.15, 0.2) is 5.11 Å². The first-order valence-corrected chi connectivity index (χ1v) is 14.2. The Morgan fingerprint density at radius 2 is 1.75 bits per heavy atom. The summed E-state index contributed by atoms with van der Waals surface area (Å²) in [5.74, 6) is -0.682. The first kappa shape index (κ1) is 27.9. The minimum Gasteiger partial charge on any atom is -0.366 e. The molecule has 0 aliphatic carbocycles. The van der Waals surface area contributed by atoms with Gasteiger partial charge < -0.3 is 20.1 Å². The summed E-state index contributed by atoms with van der Waals surface area (Å²) >= 11 is 11.6. The first-order chi connectivity index (χ1) is 18.8. The lowest BCUT2D eigenvalue weighted by Gasteiger charge is -2.37. The van der Waals surface area contributed by atoms with Crippen LogP contribution in [0, 0.1) is 0 Å². The lowest BCUT2D eigenvalue weighted by atomic mass is 10.1. The van der Waals surface area contributed by atoms with Gasteiger partial charge in [0.2, 0.25) is 5.91 Å². The van der Waals surface area contributed by atoms with Gasteiger partial charge in [-0.1, -0.05) is 11.6 Å². The van der Waals surface area contributed by atoms with Crippen molar-refractivity contribution in [1.29, 1.82) is 0 Å². The number of pyridine rings is 1. The number of nitrogens with one attached hydrogen (secondary N) is 3. The zero-order chi connectivity index (χ0) is 28.8. The number of piperazine rings is 1. The summed E-state index contributed by atoms with van der Waals surface area (Å²) in [5, 5.41) is 4.49. The summed E-state index contributed by atoms with van der Waals surface area (Å²) in [5.41, 5.74) is 1.37. The number of hydrogen-bond acceptors (Lipinski definition) is 6. The van der Waals surface area contributed by atoms with E-state index in [1.54, 1.807) is 24.5 Å². The van der Waals surface area contributed by atoms with Gasteiger partial charge in [0.25, 0.3) is 10.0 Å². The SMILES string of the molecule is CC(=O)NS(=O)(=O)c1ccc(NC(=S)N2CCN(c3cncc4[nH]c5cc(C(F)(F)F)c(Cl)cc5c34)CC2)cc1. The number of benzene rings is 2. The van der Waals surface area contributed by atoms with Crippen LogP contribution in [0.1, 0.15) is 12.5 Å². The van der Waals surface area contributed by atoms with E-state index in [1.165, 1.54) is 18.2 Å². The number of amides is 1. The molecule has 9 nitrogen and oxygen atoms in total. The molecule has 0 atom stereocenters. The Balaban J connectivity index is 1.30. The fourth-order valence-corrected chi connectivity index (χ4v) is 6.19. The number of anilines is 2. The minimum absolute atomic E-state index is 0.0521. The Morgan fingerprint density at radius 3 is 2.38 bits per heavy atom. The van der Waals surface area contributed by atoms with Gasteiger partial charge in [-0.05, 0) is 48.6 Å². The molecule has 0 spiro atoms. The Hall–Kier alpha value is -3.62. The second-order valence-electron chi connectivity index (χ2n) is 9.17. The van der Waals surface area contributed by atoms with Crippen molar-refractivity contribution in [2.45, 2.75) is 18.0 Å². The molecule has 1 aliphatic heterocycles. The third-order valence-corrected chi connectivity index (χ3v) is 8.60. The third-order valence-electron chi connectivity index (χ3n) is 6.48. The number of halogens is 4. The molecule has 2 aromatic carbocycles. The lowest BCUT2D eigenvalue weighted by Crippen LogP contribution is -2.50. The number of aromatic nitrogens is 2. The Kier molecular flexibility index (Phi) is 7.27. The molecule has 3 heterocycles. The molecule has 1 fully saturated rings. The van der Waals surface area contributed by atoms with Gasteiger partial charge >= 0.3 is 6.18 Å². The van der Waals surface area contributed by atoms with Crippen molar-refractivity contribution < 1.29 is 26.4 Å². The molecule has 5 rings (SSSR count). The van der Waals surface area contributed by atoms with Crippen LogP contribution in [0.3, 0.4) is 0 Å².